The maximum atomic E-state index is 12.2. The molecule has 3 rings (SSSR count). The number of thioether (sulfide) groups is 1. The number of ketones is 1. The quantitative estimate of drug-likeness (QED) is 0.444. The molecule has 0 aliphatic heterocycles. The molecule has 0 bridgehead atoms. The van der Waals surface area contributed by atoms with Crippen LogP contribution in [0.25, 0.3) is 0 Å². The Labute approximate surface area is 159 Å². The number of rotatable bonds is 6. The molecule has 0 amide bonds. The second kappa shape index (κ2) is 7.99. The first-order valence-electron chi connectivity index (χ1n) is 7.60. The van der Waals surface area contributed by atoms with Gasteiger partial charge in [-0.25, -0.2) is 0 Å². The molecule has 2 aromatic carbocycles. The van der Waals surface area contributed by atoms with Gasteiger partial charge in [-0.15, -0.1) is 10.2 Å². The summed E-state index contributed by atoms with van der Waals surface area (Å²) in [5, 5.41) is 12.8. The minimum atomic E-state index is 0.0422. The lowest BCUT2D eigenvalue weighted by Gasteiger charge is -2.05. The number of hydrogen-bond acceptors (Lipinski definition) is 6. The summed E-state index contributed by atoms with van der Waals surface area (Å²) < 4.78 is 0.758. The second-order valence-electron chi connectivity index (χ2n) is 5.52. The van der Waals surface area contributed by atoms with E-state index in [2.05, 4.69) is 41.5 Å². The molecule has 0 radical (unpaired) electrons. The summed E-state index contributed by atoms with van der Waals surface area (Å²) in [7, 11) is 0. The lowest BCUT2D eigenvalue weighted by Crippen LogP contribution is -2.01. The number of nitrogens with one attached hydrogen (secondary N) is 1. The Bertz CT molecular complexity index is 894. The number of anilines is 2. The fourth-order valence-corrected chi connectivity index (χ4v) is 3.90. The van der Waals surface area contributed by atoms with Gasteiger partial charge < -0.3 is 5.32 Å². The summed E-state index contributed by atoms with van der Waals surface area (Å²) in [6, 6.07) is 13.1. The third-order valence-electron chi connectivity index (χ3n) is 3.66. The van der Waals surface area contributed by atoms with Crippen LogP contribution in [0.2, 0.25) is 5.02 Å². The van der Waals surface area contributed by atoms with Crippen LogP contribution in [0.5, 0.6) is 0 Å². The molecule has 0 unspecified atom stereocenters. The minimum Gasteiger partial charge on any atom is -0.330 e. The van der Waals surface area contributed by atoms with Gasteiger partial charge in [-0.05, 0) is 61.4 Å². The number of nitrogens with zero attached hydrogens (tertiary/aromatic N) is 2. The van der Waals surface area contributed by atoms with Crippen LogP contribution in [0.1, 0.15) is 21.5 Å². The number of carbonyl (C=O) groups excluding carboxylic acids is 1. The second-order valence-corrected chi connectivity index (χ2v) is 8.15. The Hall–Kier alpha value is -1.89. The van der Waals surface area contributed by atoms with Crippen molar-refractivity contribution in [2.24, 2.45) is 0 Å². The number of aromatic nitrogens is 2. The number of Topliss-reactive ketones (excluding diaryl/α,β-unsaturated/α-hetero) is 1. The Morgan fingerprint density at radius 3 is 2.60 bits per heavy atom. The van der Waals surface area contributed by atoms with Crippen LogP contribution in [-0.4, -0.2) is 21.7 Å². The van der Waals surface area contributed by atoms with E-state index in [1.807, 2.05) is 6.07 Å². The molecule has 0 saturated carbocycles. The maximum absolute atomic E-state index is 12.2. The van der Waals surface area contributed by atoms with E-state index in [0.717, 1.165) is 10.0 Å². The molecule has 4 nitrogen and oxygen atoms in total. The summed E-state index contributed by atoms with van der Waals surface area (Å²) in [5.41, 5.74) is 4.10. The number of carbonyl (C=O) groups is 1. The van der Waals surface area contributed by atoms with E-state index in [0.29, 0.717) is 21.5 Å². The molecule has 0 spiro atoms. The molecule has 1 aromatic heterocycles. The first-order valence-corrected chi connectivity index (χ1v) is 9.78. The molecule has 3 aromatic rings. The predicted octanol–water partition coefficient (Wildman–Crippen LogP) is 5.53. The summed E-state index contributed by atoms with van der Waals surface area (Å²) in [4.78, 5) is 12.2. The average molecular weight is 390 g/mol. The van der Waals surface area contributed by atoms with Gasteiger partial charge >= 0.3 is 0 Å². The highest BCUT2D eigenvalue weighted by Crippen LogP contribution is 2.28. The standard InChI is InChI=1S/C18H16ClN3OS2/c1-11-3-8-15(9-12(11)2)20-17-21-22-18(25-17)24-10-16(23)13-4-6-14(19)7-5-13/h3-9H,10H2,1-2H3,(H,20,21). The van der Waals surface area contributed by atoms with E-state index in [1.54, 1.807) is 24.3 Å². The van der Waals surface area contributed by atoms with Crippen LogP contribution in [0.15, 0.2) is 46.8 Å². The van der Waals surface area contributed by atoms with Gasteiger partial charge in [0.05, 0.1) is 5.75 Å². The van der Waals surface area contributed by atoms with Gasteiger partial charge in [-0.3, -0.25) is 4.79 Å². The van der Waals surface area contributed by atoms with Crippen molar-refractivity contribution in [3.63, 3.8) is 0 Å². The number of hydrogen-bond donors (Lipinski definition) is 1. The Kier molecular flexibility index (Phi) is 5.73. The highest BCUT2D eigenvalue weighted by atomic mass is 35.5. The normalized spacial score (nSPS) is 10.7. The van der Waals surface area contributed by atoms with E-state index in [-0.39, 0.29) is 5.78 Å². The van der Waals surface area contributed by atoms with Gasteiger partial charge in [0.15, 0.2) is 10.1 Å². The van der Waals surface area contributed by atoms with Crippen molar-refractivity contribution < 1.29 is 4.79 Å². The van der Waals surface area contributed by atoms with E-state index >= 15 is 0 Å². The van der Waals surface area contributed by atoms with Crippen LogP contribution in [0.4, 0.5) is 10.8 Å². The van der Waals surface area contributed by atoms with Crippen molar-refractivity contribution in [2.45, 2.75) is 18.2 Å². The predicted molar refractivity (Wildman–Crippen MR) is 106 cm³/mol. The highest BCUT2D eigenvalue weighted by Gasteiger charge is 2.10. The molecule has 0 atom stereocenters. The van der Waals surface area contributed by atoms with Crippen molar-refractivity contribution in [1.29, 1.82) is 0 Å². The van der Waals surface area contributed by atoms with Crippen LogP contribution < -0.4 is 5.32 Å². The molecule has 0 saturated heterocycles. The van der Waals surface area contributed by atoms with Gasteiger partial charge in [0.2, 0.25) is 5.13 Å². The largest absolute Gasteiger partial charge is 0.330 e. The Morgan fingerprint density at radius 1 is 1.12 bits per heavy atom. The maximum Gasteiger partial charge on any atom is 0.210 e. The summed E-state index contributed by atoms with van der Waals surface area (Å²) in [6.07, 6.45) is 0. The topological polar surface area (TPSA) is 54.9 Å². The molecule has 7 heteroatoms. The van der Waals surface area contributed by atoms with Gasteiger partial charge in [0.1, 0.15) is 0 Å². The average Bonchev–Trinajstić information content (AvgIpc) is 3.04. The summed E-state index contributed by atoms with van der Waals surface area (Å²) >= 11 is 8.66. The zero-order valence-corrected chi connectivity index (χ0v) is 16.1. The highest BCUT2D eigenvalue weighted by molar-refractivity contribution is 8.01. The monoisotopic (exact) mass is 389 g/mol. The molecular formula is C18H16ClN3OS2. The Balaban J connectivity index is 1.58. The van der Waals surface area contributed by atoms with Crippen LogP contribution >= 0.6 is 34.7 Å². The van der Waals surface area contributed by atoms with E-state index in [4.69, 9.17) is 11.6 Å². The lowest BCUT2D eigenvalue weighted by molar-refractivity contribution is 0.102. The van der Waals surface area contributed by atoms with E-state index in [9.17, 15) is 4.79 Å². The van der Waals surface area contributed by atoms with Gasteiger partial charge in [-0.2, -0.15) is 0 Å². The molecule has 0 aliphatic rings. The van der Waals surface area contributed by atoms with Crippen molar-refractivity contribution in [3.8, 4) is 0 Å². The fraction of sp³-hybridized carbons (Fsp3) is 0.167. The number of aryl methyl sites for hydroxylation is 2. The number of halogens is 1. The number of benzene rings is 2. The third-order valence-corrected chi connectivity index (χ3v) is 5.88. The first kappa shape index (κ1) is 17.9. The smallest absolute Gasteiger partial charge is 0.210 e. The van der Waals surface area contributed by atoms with Crippen molar-refractivity contribution >= 4 is 51.3 Å². The van der Waals surface area contributed by atoms with Crippen LogP contribution in [-0.2, 0) is 0 Å². The van der Waals surface area contributed by atoms with E-state index < -0.39 is 0 Å². The van der Waals surface area contributed by atoms with Gasteiger partial charge in [0.25, 0.3) is 0 Å². The van der Waals surface area contributed by atoms with E-state index in [1.165, 1.54) is 34.2 Å². The molecule has 0 aliphatic carbocycles. The Morgan fingerprint density at radius 2 is 1.88 bits per heavy atom. The van der Waals surface area contributed by atoms with Gasteiger partial charge in [-0.1, -0.05) is 40.8 Å². The molecule has 1 heterocycles. The zero-order valence-electron chi connectivity index (χ0n) is 13.7. The van der Waals surface area contributed by atoms with Crippen molar-refractivity contribution in [3.05, 3.63) is 64.2 Å². The summed E-state index contributed by atoms with van der Waals surface area (Å²) in [5.74, 6) is 0.362. The zero-order chi connectivity index (χ0) is 17.8. The molecule has 128 valence electrons. The minimum absolute atomic E-state index is 0.0422. The summed E-state index contributed by atoms with van der Waals surface area (Å²) in [6.45, 7) is 4.15. The molecule has 1 N–H and O–H groups in total. The fourth-order valence-electron chi connectivity index (χ4n) is 2.11. The molecular weight excluding hydrogens is 374 g/mol. The van der Waals surface area contributed by atoms with Crippen LogP contribution in [0, 0.1) is 13.8 Å². The third kappa shape index (κ3) is 4.81. The van der Waals surface area contributed by atoms with Gasteiger partial charge in [0, 0.05) is 16.3 Å². The van der Waals surface area contributed by atoms with Crippen molar-refractivity contribution in [1.82, 2.24) is 10.2 Å². The van der Waals surface area contributed by atoms with Crippen LogP contribution in [0.3, 0.4) is 0 Å². The molecule has 25 heavy (non-hydrogen) atoms. The SMILES string of the molecule is Cc1ccc(Nc2nnc(SCC(=O)c3ccc(Cl)cc3)s2)cc1C. The molecule has 0 fully saturated rings. The van der Waals surface area contributed by atoms with Crippen molar-refractivity contribution in [2.75, 3.05) is 11.1 Å². The lowest BCUT2D eigenvalue weighted by atomic mass is 10.1. The first-order chi connectivity index (χ1) is 12.0.